The molecule has 2 aromatic rings. The SMILES string of the molecule is COc1c(C)cc(-c2csc(C(N)=O)c2)cc1C. The number of ether oxygens (including phenoxy) is 1. The predicted molar refractivity (Wildman–Crippen MR) is 74.3 cm³/mol. The summed E-state index contributed by atoms with van der Waals surface area (Å²) >= 11 is 1.37. The van der Waals surface area contributed by atoms with Gasteiger partial charge >= 0.3 is 0 Å². The van der Waals surface area contributed by atoms with E-state index in [0.717, 1.165) is 28.0 Å². The predicted octanol–water partition coefficient (Wildman–Crippen LogP) is 3.14. The van der Waals surface area contributed by atoms with Crippen LogP contribution in [0.15, 0.2) is 23.6 Å². The average Bonchev–Trinajstić information content (AvgIpc) is 2.77. The molecule has 1 heterocycles. The van der Waals surface area contributed by atoms with Gasteiger partial charge in [-0.1, -0.05) is 0 Å². The molecular weight excluding hydrogens is 246 g/mol. The smallest absolute Gasteiger partial charge is 0.258 e. The van der Waals surface area contributed by atoms with Gasteiger partial charge < -0.3 is 10.5 Å². The number of primary amides is 1. The van der Waals surface area contributed by atoms with Gasteiger partial charge in [0.05, 0.1) is 12.0 Å². The topological polar surface area (TPSA) is 52.3 Å². The number of amides is 1. The zero-order chi connectivity index (χ0) is 13.3. The number of hydrogen-bond acceptors (Lipinski definition) is 3. The molecule has 1 amide bonds. The number of aryl methyl sites for hydroxylation is 2. The van der Waals surface area contributed by atoms with E-state index in [2.05, 4.69) is 12.1 Å². The lowest BCUT2D eigenvalue weighted by molar-refractivity contribution is 0.100. The molecule has 0 saturated heterocycles. The van der Waals surface area contributed by atoms with Crippen molar-refractivity contribution in [3.63, 3.8) is 0 Å². The Hall–Kier alpha value is -1.81. The zero-order valence-electron chi connectivity index (χ0n) is 10.6. The Morgan fingerprint density at radius 3 is 2.22 bits per heavy atom. The molecule has 1 aromatic heterocycles. The molecule has 1 aromatic carbocycles. The van der Waals surface area contributed by atoms with Gasteiger partial charge in [-0.2, -0.15) is 0 Å². The van der Waals surface area contributed by atoms with Gasteiger partial charge in [0, 0.05) is 0 Å². The van der Waals surface area contributed by atoms with Gasteiger partial charge in [-0.3, -0.25) is 4.79 Å². The monoisotopic (exact) mass is 261 g/mol. The summed E-state index contributed by atoms with van der Waals surface area (Å²) in [5.74, 6) is 0.525. The van der Waals surface area contributed by atoms with Crippen LogP contribution in [0.2, 0.25) is 0 Å². The molecule has 94 valence electrons. The van der Waals surface area contributed by atoms with Crippen molar-refractivity contribution in [1.82, 2.24) is 0 Å². The molecule has 0 atom stereocenters. The molecule has 0 radical (unpaired) electrons. The highest BCUT2D eigenvalue weighted by Crippen LogP contribution is 2.32. The average molecular weight is 261 g/mol. The van der Waals surface area contributed by atoms with E-state index in [1.165, 1.54) is 11.3 Å². The van der Waals surface area contributed by atoms with Crippen molar-refractivity contribution in [2.24, 2.45) is 5.73 Å². The van der Waals surface area contributed by atoms with Crippen LogP contribution in [0.3, 0.4) is 0 Å². The summed E-state index contributed by atoms with van der Waals surface area (Å²) in [5.41, 5.74) is 9.52. The van der Waals surface area contributed by atoms with Crippen LogP contribution in [0.25, 0.3) is 11.1 Å². The van der Waals surface area contributed by atoms with Crippen LogP contribution in [0.4, 0.5) is 0 Å². The Labute approximate surface area is 110 Å². The Bertz CT molecular complexity index is 579. The standard InChI is InChI=1S/C14H15NO2S/c1-8-4-10(5-9(2)13(8)17-3)11-6-12(14(15)16)18-7-11/h4-7H,1-3H3,(H2,15,16). The summed E-state index contributed by atoms with van der Waals surface area (Å²) < 4.78 is 5.34. The van der Waals surface area contributed by atoms with Crippen molar-refractivity contribution in [2.75, 3.05) is 7.11 Å². The highest BCUT2D eigenvalue weighted by Gasteiger charge is 2.10. The molecule has 2 rings (SSSR count). The highest BCUT2D eigenvalue weighted by molar-refractivity contribution is 7.12. The van der Waals surface area contributed by atoms with Gasteiger partial charge in [-0.05, 0) is 59.7 Å². The number of hydrogen-bond donors (Lipinski definition) is 1. The summed E-state index contributed by atoms with van der Waals surface area (Å²) in [5, 5.41) is 1.95. The number of carbonyl (C=O) groups is 1. The molecule has 0 aliphatic heterocycles. The van der Waals surface area contributed by atoms with Crippen LogP contribution in [0.5, 0.6) is 5.75 Å². The van der Waals surface area contributed by atoms with Crippen molar-refractivity contribution in [3.8, 4) is 16.9 Å². The van der Waals surface area contributed by atoms with Crippen LogP contribution >= 0.6 is 11.3 Å². The lowest BCUT2D eigenvalue weighted by Crippen LogP contribution is -2.08. The molecule has 2 N–H and O–H groups in total. The van der Waals surface area contributed by atoms with Gasteiger partial charge in [-0.15, -0.1) is 11.3 Å². The van der Waals surface area contributed by atoms with Crippen LogP contribution in [-0.2, 0) is 0 Å². The van der Waals surface area contributed by atoms with Gasteiger partial charge in [0.1, 0.15) is 5.75 Å². The number of rotatable bonds is 3. The number of thiophene rings is 1. The molecule has 0 unspecified atom stereocenters. The van der Waals surface area contributed by atoms with E-state index in [1.807, 2.05) is 25.3 Å². The van der Waals surface area contributed by atoms with Gasteiger partial charge in [0.2, 0.25) is 0 Å². The minimum atomic E-state index is -0.381. The molecule has 0 spiro atoms. The fourth-order valence-corrected chi connectivity index (χ4v) is 2.82. The maximum atomic E-state index is 11.1. The van der Waals surface area contributed by atoms with Crippen LogP contribution in [0, 0.1) is 13.8 Å². The van der Waals surface area contributed by atoms with Crippen molar-refractivity contribution in [3.05, 3.63) is 39.6 Å². The Morgan fingerprint density at radius 2 is 1.78 bits per heavy atom. The number of nitrogens with two attached hydrogens (primary N) is 1. The van der Waals surface area contributed by atoms with Gasteiger partial charge in [0.25, 0.3) is 5.91 Å². The molecule has 4 heteroatoms. The van der Waals surface area contributed by atoms with Gasteiger partial charge in [0.15, 0.2) is 0 Å². The zero-order valence-corrected chi connectivity index (χ0v) is 11.4. The lowest BCUT2D eigenvalue weighted by Gasteiger charge is -2.10. The first-order chi connectivity index (χ1) is 8.52. The third kappa shape index (κ3) is 2.24. The molecule has 18 heavy (non-hydrogen) atoms. The van der Waals surface area contributed by atoms with E-state index in [4.69, 9.17) is 10.5 Å². The van der Waals surface area contributed by atoms with E-state index in [0.29, 0.717) is 4.88 Å². The summed E-state index contributed by atoms with van der Waals surface area (Å²) in [4.78, 5) is 11.7. The Morgan fingerprint density at radius 1 is 1.17 bits per heavy atom. The maximum Gasteiger partial charge on any atom is 0.258 e. The van der Waals surface area contributed by atoms with Crippen molar-refractivity contribution >= 4 is 17.2 Å². The van der Waals surface area contributed by atoms with E-state index in [9.17, 15) is 4.79 Å². The molecular formula is C14H15NO2S. The first kappa shape index (κ1) is 12.6. The Balaban J connectivity index is 2.47. The molecule has 3 nitrogen and oxygen atoms in total. The molecule has 0 aliphatic rings. The van der Waals surface area contributed by atoms with Crippen molar-refractivity contribution < 1.29 is 9.53 Å². The lowest BCUT2D eigenvalue weighted by atomic mass is 10.0. The third-order valence-electron chi connectivity index (χ3n) is 2.84. The minimum absolute atomic E-state index is 0.381. The van der Waals surface area contributed by atoms with Crippen LogP contribution in [-0.4, -0.2) is 13.0 Å². The molecule has 0 fully saturated rings. The largest absolute Gasteiger partial charge is 0.496 e. The second-order valence-corrected chi connectivity index (χ2v) is 5.12. The second-order valence-electron chi connectivity index (χ2n) is 4.21. The van der Waals surface area contributed by atoms with E-state index < -0.39 is 0 Å². The number of carbonyl (C=O) groups excluding carboxylic acids is 1. The normalized spacial score (nSPS) is 10.4. The summed E-state index contributed by atoms with van der Waals surface area (Å²) in [6, 6.07) is 5.94. The number of methoxy groups -OCH3 is 1. The highest BCUT2D eigenvalue weighted by atomic mass is 32.1. The molecule has 0 bridgehead atoms. The summed E-state index contributed by atoms with van der Waals surface area (Å²) in [7, 11) is 1.67. The quantitative estimate of drug-likeness (QED) is 0.922. The van der Waals surface area contributed by atoms with E-state index >= 15 is 0 Å². The van der Waals surface area contributed by atoms with Crippen LogP contribution < -0.4 is 10.5 Å². The summed E-state index contributed by atoms with van der Waals surface area (Å²) in [6.45, 7) is 4.02. The van der Waals surface area contributed by atoms with E-state index in [-0.39, 0.29) is 5.91 Å². The second kappa shape index (κ2) is 4.82. The van der Waals surface area contributed by atoms with Crippen LogP contribution in [0.1, 0.15) is 20.8 Å². The third-order valence-corrected chi connectivity index (χ3v) is 3.78. The van der Waals surface area contributed by atoms with Crippen molar-refractivity contribution in [2.45, 2.75) is 13.8 Å². The first-order valence-corrected chi connectivity index (χ1v) is 6.45. The fraction of sp³-hybridized carbons (Fsp3) is 0.214. The van der Waals surface area contributed by atoms with E-state index in [1.54, 1.807) is 7.11 Å². The first-order valence-electron chi connectivity index (χ1n) is 5.57. The molecule has 0 saturated carbocycles. The van der Waals surface area contributed by atoms with Gasteiger partial charge in [-0.25, -0.2) is 0 Å². The van der Waals surface area contributed by atoms with Crippen molar-refractivity contribution in [1.29, 1.82) is 0 Å². The fourth-order valence-electron chi connectivity index (χ4n) is 2.06. The minimum Gasteiger partial charge on any atom is -0.496 e. The molecule has 0 aliphatic carbocycles. The summed E-state index contributed by atoms with van der Waals surface area (Å²) in [6.07, 6.45) is 0. The maximum absolute atomic E-state index is 11.1. The number of benzene rings is 1. The Kier molecular flexibility index (Phi) is 3.39.